The van der Waals surface area contributed by atoms with E-state index in [0.717, 1.165) is 17.1 Å². The molecule has 0 aliphatic heterocycles. The van der Waals surface area contributed by atoms with Crippen LogP contribution in [0.5, 0.6) is 0 Å². The van der Waals surface area contributed by atoms with Gasteiger partial charge in [-0.3, -0.25) is 4.79 Å². The minimum atomic E-state index is 0.0636. The van der Waals surface area contributed by atoms with E-state index in [0.29, 0.717) is 11.5 Å². The maximum atomic E-state index is 11.7. The Morgan fingerprint density at radius 2 is 2.21 bits per heavy atom. The van der Waals surface area contributed by atoms with Crippen LogP contribution in [0.2, 0.25) is 0 Å². The first-order valence-electron chi connectivity index (χ1n) is 6.56. The molecule has 98 valence electrons. The van der Waals surface area contributed by atoms with Crippen LogP contribution in [0.15, 0.2) is 30.7 Å². The highest BCUT2D eigenvalue weighted by atomic mass is 16.1. The molecule has 3 rings (SSSR count). The summed E-state index contributed by atoms with van der Waals surface area (Å²) in [5, 5.41) is 3.04. The van der Waals surface area contributed by atoms with Crippen molar-refractivity contribution in [1.29, 1.82) is 0 Å². The van der Waals surface area contributed by atoms with Crippen LogP contribution in [-0.2, 0) is 0 Å². The van der Waals surface area contributed by atoms with Crippen molar-refractivity contribution in [3.63, 3.8) is 0 Å². The van der Waals surface area contributed by atoms with Crippen LogP contribution in [0.25, 0.3) is 5.69 Å². The van der Waals surface area contributed by atoms with Gasteiger partial charge in [-0.25, -0.2) is 4.98 Å². The SMILES string of the molecule is CNc1ccc(-n2cnc(C3CC3)c2)cc1C(C)=O. The number of hydrogen-bond donors (Lipinski definition) is 1. The van der Waals surface area contributed by atoms with Gasteiger partial charge in [-0.05, 0) is 38.0 Å². The van der Waals surface area contributed by atoms with Crippen molar-refractivity contribution >= 4 is 11.5 Å². The van der Waals surface area contributed by atoms with E-state index in [-0.39, 0.29) is 5.78 Å². The van der Waals surface area contributed by atoms with Gasteiger partial charge in [0.25, 0.3) is 0 Å². The second-order valence-electron chi connectivity index (χ2n) is 5.02. The third kappa shape index (κ3) is 2.26. The quantitative estimate of drug-likeness (QED) is 0.854. The first-order chi connectivity index (χ1) is 9.19. The lowest BCUT2D eigenvalue weighted by Gasteiger charge is -2.09. The molecule has 1 aromatic carbocycles. The number of ketones is 1. The number of nitrogens with one attached hydrogen (secondary N) is 1. The van der Waals surface area contributed by atoms with Crippen molar-refractivity contribution < 1.29 is 4.79 Å². The third-order valence-electron chi connectivity index (χ3n) is 3.55. The Morgan fingerprint density at radius 3 is 2.84 bits per heavy atom. The second-order valence-corrected chi connectivity index (χ2v) is 5.02. The van der Waals surface area contributed by atoms with Gasteiger partial charge in [-0.15, -0.1) is 0 Å². The minimum Gasteiger partial charge on any atom is -0.388 e. The van der Waals surface area contributed by atoms with E-state index in [4.69, 9.17) is 0 Å². The molecule has 0 spiro atoms. The van der Waals surface area contributed by atoms with E-state index < -0.39 is 0 Å². The van der Waals surface area contributed by atoms with Crippen LogP contribution in [0.4, 0.5) is 5.69 Å². The average Bonchev–Trinajstić information content (AvgIpc) is 3.16. The van der Waals surface area contributed by atoms with Crippen LogP contribution < -0.4 is 5.32 Å². The third-order valence-corrected chi connectivity index (χ3v) is 3.55. The molecule has 1 aromatic heterocycles. The van der Waals surface area contributed by atoms with Gasteiger partial charge in [0.1, 0.15) is 0 Å². The molecule has 0 radical (unpaired) electrons. The number of nitrogens with zero attached hydrogens (tertiary/aromatic N) is 2. The number of benzene rings is 1. The van der Waals surface area contributed by atoms with E-state index in [1.807, 2.05) is 36.1 Å². The molecule has 1 fully saturated rings. The van der Waals surface area contributed by atoms with E-state index in [1.54, 1.807) is 6.92 Å². The Morgan fingerprint density at radius 1 is 1.42 bits per heavy atom. The molecule has 4 nitrogen and oxygen atoms in total. The van der Waals surface area contributed by atoms with Gasteiger partial charge in [-0.1, -0.05) is 0 Å². The van der Waals surface area contributed by atoms with E-state index in [2.05, 4.69) is 16.5 Å². The van der Waals surface area contributed by atoms with Gasteiger partial charge < -0.3 is 9.88 Å². The summed E-state index contributed by atoms with van der Waals surface area (Å²) in [6.45, 7) is 1.59. The highest BCUT2D eigenvalue weighted by Gasteiger charge is 2.25. The van der Waals surface area contributed by atoms with Gasteiger partial charge in [0, 0.05) is 36.1 Å². The summed E-state index contributed by atoms with van der Waals surface area (Å²) >= 11 is 0. The lowest BCUT2D eigenvalue weighted by Crippen LogP contribution is -2.02. The zero-order valence-electron chi connectivity index (χ0n) is 11.2. The lowest BCUT2D eigenvalue weighted by molar-refractivity contribution is 0.101. The van der Waals surface area contributed by atoms with Gasteiger partial charge in [0.2, 0.25) is 0 Å². The fourth-order valence-corrected chi connectivity index (χ4v) is 2.27. The fourth-order valence-electron chi connectivity index (χ4n) is 2.27. The molecule has 1 saturated carbocycles. The number of hydrogen-bond acceptors (Lipinski definition) is 3. The molecule has 0 bridgehead atoms. The van der Waals surface area contributed by atoms with Crippen molar-refractivity contribution in [2.24, 2.45) is 0 Å². The Hall–Kier alpha value is -2.10. The smallest absolute Gasteiger partial charge is 0.161 e. The van der Waals surface area contributed by atoms with Gasteiger partial charge in [-0.2, -0.15) is 0 Å². The number of carbonyl (C=O) groups excluding carboxylic acids is 1. The van der Waals surface area contributed by atoms with Crippen LogP contribution in [0, 0.1) is 0 Å². The number of aromatic nitrogens is 2. The van der Waals surface area contributed by atoms with Gasteiger partial charge in [0.15, 0.2) is 5.78 Å². The van der Waals surface area contributed by atoms with Crippen molar-refractivity contribution in [2.75, 3.05) is 12.4 Å². The van der Waals surface area contributed by atoms with Gasteiger partial charge in [0.05, 0.1) is 12.0 Å². The number of Topliss-reactive ketones (excluding diaryl/α,β-unsaturated/α-hetero) is 1. The maximum Gasteiger partial charge on any atom is 0.161 e. The number of rotatable bonds is 4. The Labute approximate surface area is 112 Å². The molecular formula is C15H17N3O. The zero-order valence-corrected chi connectivity index (χ0v) is 11.2. The summed E-state index contributed by atoms with van der Waals surface area (Å²) in [6.07, 6.45) is 6.38. The summed E-state index contributed by atoms with van der Waals surface area (Å²) < 4.78 is 1.99. The summed E-state index contributed by atoms with van der Waals surface area (Å²) in [5.74, 6) is 0.707. The average molecular weight is 255 g/mol. The van der Waals surface area contributed by atoms with Gasteiger partial charge >= 0.3 is 0 Å². The normalized spacial score (nSPS) is 14.4. The van der Waals surface area contributed by atoms with Crippen molar-refractivity contribution in [1.82, 2.24) is 9.55 Å². The molecule has 0 unspecified atom stereocenters. The Bertz CT molecular complexity index is 626. The molecule has 0 atom stereocenters. The predicted molar refractivity (Wildman–Crippen MR) is 75.1 cm³/mol. The van der Waals surface area contributed by atoms with Crippen molar-refractivity contribution in [3.8, 4) is 5.69 Å². The molecule has 19 heavy (non-hydrogen) atoms. The van der Waals surface area contributed by atoms with Crippen LogP contribution in [-0.4, -0.2) is 22.4 Å². The van der Waals surface area contributed by atoms with Crippen LogP contribution >= 0.6 is 0 Å². The van der Waals surface area contributed by atoms with E-state index >= 15 is 0 Å². The Balaban J connectivity index is 1.99. The monoisotopic (exact) mass is 255 g/mol. The largest absolute Gasteiger partial charge is 0.388 e. The fraction of sp³-hybridized carbons (Fsp3) is 0.333. The standard InChI is InChI=1S/C15H17N3O/c1-10(19)13-7-12(5-6-14(13)16-2)18-8-15(17-9-18)11-3-4-11/h5-9,11,16H,3-4H2,1-2H3. The van der Waals surface area contributed by atoms with E-state index in [1.165, 1.54) is 12.8 Å². The molecule has 0 amide bonds. The van der Waals surface area contributed by atoms with E-state index in [9.17, 15) is 4.79 Å². The number of carbonyl (C=O) groups is 1. The van der Waals surface area contributed by atoms with Crippen LogP contribution in [0.3, 0.4) is 0 Å². The molecule has 1 aliphatic rings. The molecule has 4 heteroatoms. The summed E-state index contributed by atoms with van der Waals surface area (Å²) in [6, 6.07) is 5.84. The maximum absolute atomic E-state index is 11.7. The molecule has 1 heterocycles. The van der Waals surface area contributed by atoms with Crippen LogP contribution in [0.1, 0.15) is 41.7 Å². The van der Waals surface area contributed by atoms with Crippen molar-refractivity contribution in [2.45, 2.75) is 25.7 Å². The molecule has 1 N–H and O–H groups in total. The highest BCUT2D eigenvalue weighted by molar-refractivity contribution is 6.00. The minimum absolute atomic E-state index is 0.0636. The first-order valence-corrected chi connectivity index (χ1v) is 6.56. The molecular weight excluding hydrogens is 238 g/mol. The predicted octanol–water partition coefficient (Wildman–Crippen LogP) is 2.99. The summed E-state index contributed by atoms with van der Waals surface area (Å²) in [4.78, 5) is 16.1. The summed E-state index contributed by atoms with van der Waals surface area (Å²) in [5.41, 5.74) is 3.70. The lowest BCUT2D eigenvalue weighted by atomic mass is 10.1. The second kappa shape index (κ2) is 4.53. The highest BCUT2D eigenvalue weighted by Crippen LogP contribution is 2.39. The molecule has 0 saturated heterocycles. The van der Waals surface area contributed by atoms with Crippen molar-refractivity contribution in [3.05, 3.63) is 42.0 Å². The Kier molecular flexibility index (Phi) is 2.85. The molecule has 1 aliphatic carbocycles. The topological polar surface area (TPSA) is 46.9 Å². The number of imidazole rings is 1. The summed E-state index contributed by atoms with van der Waals surface area (Å²) in [7, 11) is 1.82. The molecule has 2 aromatic rings. The first kappa shape index (κ1) is 12.0. The zero-order chi connectivity index (χ0) is 13.4. The number of anilines is 1.